The van der Waals surface area contributed by atoms with Gasteiger partial charge < -0.3 is 44.8 Å². The summed E-state index contributed by atoms with van der Waals surface area (Å²) in [5.41, 5.74) is -2.85. The molecule has 6 N–H and O–H groups in total. The molecule has 5 fully saturated rings. The normalized spacial score (nSPS) is 58.5. The molecule has 0 aromatic heterocycles. The van der Waals surface area contributed by atoms with Crippen LogP contribution in [0, 0.1) is 17.8 Å². The maximum Gasteiger partial charge on any atom is 0.186 e. The number of hydrogen-bond donors (Lipinski definition) is 6. The Kier molecular flexibility index (Phi) is 5.78. The first-order chi connectivity index (χ1) is 14.0. The highest BCUT2D eigenvalue weighted by Crippen LogP contribution is 2.60. The van der Waals surface area contributed by atoms with E-state index in [4.69, 9.17) is 14.2 Å². The standard InChI is InChI=1S/C21H36O9/c1-10-6-12(28-18-17(26)16(25)15(24)13(8-22)29-18)14-11(10)7-21(27)5-4-19(14,2)30-20(21,3)9-23/h10-18,22-27H,4-9H2,1-3H3/t10-,11-,12+,13-,14+,15-,16+,17-,18-,19+,20?,21+/m1/s1. The van der Waals surface area contributed by atoms with E-state index in [1.165, 1.54) is 0 Å². The molecule has 3 heterocycles. The molecule has 3 saturated heterocycles. The van der Waals surface area contributed by atoms with Crippen molar-refractivity contribution >= 4 is 0 Å². The number of ether oxygens (including phenoxy) is 3. The van der Waals surface area contributed by atoms with Crippen molar-refractivity contribution in [2.75, 3.05) is 13.2 Å². The molecule has 3 aliphatic heterocycles. The van der Waals surface area contributed by atoms with Crippen LogP contribution in [-0.4, -0.2) is 97.5 Å². The van der Waals surface area contributed by atoms with Crippen molar-refractivity contribution < 1.29 is 44.8 Å². The lowest BCUT2D eigenvalue weighted by molar-refractivity contribution is -0.324. The van der Waals surface area contributed by atoms with Crippen LogP contribution in [0.15, 0.2) is 0 Å². The molecule has 5 rings (SSSR count). The molecule has 0 aromatic carbocycles. The van der Waals surface area contributed by atoms with Gasteiger partial charge in [0.1, 0.15) is 30.0 Å². The molecule has 174 valence electrons. The second-order valence-electron chi connectivity index (χ2n) is 10.3. The van der Waals surface area contributed by atoms with Crippen molar-refractivity contribution in [1.82, 2.24) is 0 Å². The summed E-state index contributed by atoms with van der Waals surface area (Å²) < 4.78 is 18.2. The number of aliphatic hydroxyl groups excluding tert-OH is 5. The summed E-state index contributed by atoms with van der Waals surface area (Å²) in [6, 6.07) is 0. The highest BCUT2D eigenvalue weighted by Gasteiger charge is 2.66. The maximum absolute atomic E-state index is 11.4. The number of fused-ring (bicyclic) bond motifs is 2. The van der Waals surface area contributed by atoms with Gasteiger partial charge in [0, 0.05) is 5.92 Å². The monoisotopic (exact) mass is 432 g/mol. The van der Waals surface area contributed by atoms with Crippen LogP contribution < -0.4 is 0 Å². The van der Waals surface area contributed by atoms with Crippen LogP contribution in [0.5, 0.6) is 0 Å². The van der Waals surface area contributed by atoms with Gasteiger partial charge in [0.15, 0.2) is 6.29 Å². The summed E-state index contributed by atoms with van der Waals surface area (Å²) in [7, 11) is 0. The first-order valence-corrected chi connectivity index (χ1v) is 11.0. The Balaban J connectivity index is 1.61. The molecule has 2 bridgehead atoms. The molecule has 2 aliphatic carbocycles. The predicted octanol–water partition coefficient (Wildman–Crippen LogP) is -1.10. The van der Waals surface area contributed by atoms with Crippen LogP contribution in [0.1, 0.15) is 46.5 Å². The van der Waals surface area contributed by atoms with E-state index in [2.05, 4.69) is 6.92 Å². The SMILES string of the molecule is C[C@@H]1C[C@H](O[C@@H]2O[C@H](CO)[C@@H](O)[C@H](O)[C@H]2O)[C@@H]2[C@@H]1C[C@@]1(O)CC[C@]2(C)OC1(C)CO. The van der Waals surface area contributed by atoms with E-state index in [0.717, 1.165) is 0 Å². The topological polar surface area (TPSA) is 149 Å². The zero-order chi connectivity index (χ0) is 22.1. The molecule has 1 unspecified atom stereocenters. The Bertz CT molecular complexity index is 646. The molecule has 30 heavy (non-hydrogen) atoms. The molecule has 0 spiro atoms. The van der Waals surface area contributed by atoms with E-state index in [1.54, 1.807) is 6.92 Å². The summed E-state index contributed by atoms with van der Waals surface area (Å²) in [4.78, 5) is 0. The molecule has 0 amide bonds. The zero-order valence-corrected chi connectivity index (χ0v) is 17.8. The highest BCUT2D eigenvalue weighted by atomic mass is 16.7. The molecule has 0 aromatic rings. The van der Waals surface area contributed by atoms with Crippen molar-refractivity contribution in [1.29, 1.82) is 0 Å². The second kappa shape index (κ2) is 7.60. The first kappa shape index (κ1) is 22.8. The average Bonchev–Trinajstić information content (AvgIpc) is 2.90. The van der Waals surface area contributed by atoms with Crippen molar-refractivity contribution in [2.45, 2.75) is 100 Å². The van der Waals surface area contributed by atoms with Crippen molar-refractivity contribution in [3.8, 4) is 0 Å². The first-order valence-electron chi connectivity index (χ1n) is 11.0. The van der Waals surface area contributed by atoms with E-state index in [9.17, 15) is 30.6 Å². The van der Waals surface area contributed by atoms with Crippen LogP contribution in [0.2, 0.25) is 0 Å². The maximum atomic E-state index is 11.4. The second-order valence-corrected chi connectivity index (χ2v) is 10.3. The quantitative estimate of drug-likeness (QED) is 0.325. The molecule has 2 saturated carbocycles. The Labute approximate surface area is 176 Å². The zero-order valence-electron chi connectivity index (χ0n) is 17.8. The fraction of sp³-hybridized carbons (Fsp3) is 1.00. The van der Waals surface area contributed by atoms with Crippen LogP contribution in [-0.2, 0) is 14.2 Å². The van der Waals surface area contributed by atoms with Gasteiger partial charge in [-0.15, -0.1) is 0 Å². The molecule has 12 atom stereocenters. The third kappa shape index (κ3) is 3.25. The van der Waals surface area contributed by atoms with Gasteiger partial charge in [0.05, 0.1) is 30.5 Å². The fourth-order valence-corrected chi connectivity index (χ4v) is 6.49. The van der Waals surface area contributed by atoms with Crippen molar-refractivity contribution in [2.24, 2.45) is 17.8 Å². The Morgan fingerprint density at radius 1 is 1.03 bits per heavy atom. The molecule has 0 radical (unpaired) electrons. The Morgan fingerprint density at radius 3 is 2.37 bits per heavy atom. The van der Waals surface area contributed by atoms with Gasteiger partial charge in [-0.2, -0.15) is 0 Å². The van der Waals surface area contributed by atoms with E-state index in [-0.39, 0.29) is 30.5 Å². The third-order valence-electron chi connectivity index (χ3n) is 8.41. The van der Waals surface area contributed by atoms with Crippen LogP contribution in [0.25, 0.3) is 0 Å². The minimum atomic E-state index is -1.49. The lowest BCUT2D eigenvalue weighted by atomic mass is 9.73. The summed E-state index contributed by atoms with van der Waals surface area (Å²) in [6.07, 6.45) is -4.71. The minimum absolute atomic E-state index is 0.0887. The van der Waals surface area contributed by atoms with Gasteiger partial charge >= 0.3 is 0 Å². The van der Waals surface area contributed by atoms with Gasteiger partial charge in [-0.3, -0.25) is 0 Å². The number of hydrogen-bond acceptors (Lipinski definition) is 9. The molecule has 9 heteroatoms. The van der Waals surface area contributed by atoms with Crippen LogP contribution >= 0.6 is 0 Å². The Hall–Kier alpha value is -0.360. The van der Waals surface area contributed by atoms with E-state index in [1.807, 2.05) is 6.92 Å². The number of rotatable bonds is 4. The average molecular weight is 433 g/mol. The third-order valence-corrected chi connectivity index (χ3v) is 8.41. The van der Waals surface area contributed by atoms with Gasteiger partial charge in [0.2, 0.25) is 0 Å². The van der Waals surface area contributed by atoms with E-state index in [0.29, 0.717) is 25.7 Å². The minimum Gasteiger partial charge on any atom is -0.394 e. The Morgan fingerprint density at radius 2 is 1.73 bits per heavy atom. The number of aliphatic hydroxyl groups is 6. The van der Waals surface area contributed by atoms with Crippen LogP contribution in [0.4, 0.5) is 0 Å². The molecular weight excluding hydrogens is 396 g/mol. The predicted molar refractivity (Wildman–Crippen MR) is 103 cm³/mol. The van der Waals surface area contributed by atoms with Gasteiger partial charge in [-0.25, -0.2) is 0 Å². The fourth-order valence-electron chi connectivity index (χ4n) is 6.49. The summed E-state index contributed by atoms with van der Waals surface area (Å²) in [5, 5.41) is 61.4. The lowest BCUT2D eigenvalue weighted by Crippen LogP contribution is -2.63. The highest BCUT2D eigenvalue weighted by molar-refractivity contribution is 5.15. The molecular formula is C21H36O9. The molecule has 9 nitrogen and oxygen atoms in total. The van der Waals surface area contributed by atoms with E-state index >= 15 is 0 Å². The summed E-state index contributed by atoms with van der Waals surface area (Å²) in [5.74, 6) is 0.187. The smallest absolute Gasteiger partial charge is 0.186 e. The van der Waals surface area contributed by atoms with Crippen LogP contribution in [0.3, 0.4) is 0 Å². The largest absolute Gasteiger partial charge is 0.394 e. The lowest BCUT2D eigenvalue weighted by Gasteiger charge is -2.53. The van der Waals surface area contributed by atoms with Gasteiger partial charge in [0.25, 0.3) is 0 Å². The van der Waals surface area contributed by atoms with E-state index < -0.39 is 54.1 Å². The molecule has 5 aliphatic rings. The van der Waals surface area contributed by atoms with Gasteiger partial charge in [-0.1, -0.05) is 6.92 Å². The van der Waals surface area contributed by atoms with Crippen molar-refractivity contribution in [3.63, 3.8) is 0 Å². The summed E-state index contributed by atoms with van der Waals surface area (Å²) >= 11 is 0. The van der Waals surface area contributed by atoms with Gasteiger partial charge in [-0.05, 0) is 51.4 Å². The van der Waals surface area contributed by atoms with Crippen molar-refractivity contribution in [3.05, 3.63) is 0 Å². The summed E-state index contributed by atoms with van der Waals surface area (Å²) in [6.45, 7) is 5.04.